The number of benzene rings is 1. The van der Waals surface area contributed by atoms with E-state index in [-0.39, 0.29) is 24.4 Å². The van der Waals surface area contributed by atoms with Crippen molar-refractivity contribution < 1.29 is 14.3 Å². The molecule has 0 saturated heterocycles. The highest BCUT2D eigenvalue weighted by Crippen LogP contribution is 2.32. The first-order valence-electron chi connectivity index (χ1n) is 7.94. The minimum absolute atomic E-state index is 0. The van der Waals surface area contributed by atoms with Gasteiger partial charge < -0.3 is 20.1 Å². The van der Waals surface area contributed by atoms with Crippen LogP contribution in [0.25, 0.3) is 0 Å². The van der Waals surface area contributed by atoms with Gasteiger partial charge in [0.2, 0.25) is 5.91 Å². The van der Waals surface area contributed by atoms with Gasteiger partial charge in [-0.15, -0.1) is 12.4 Å². The Morgan fingerprint density at radius 3 is 2.60 bits per heavy atom. The number of rotatable bonds is 5. The third kappa shape index (κ3) is 4.24. The second kappa shape index (κ2) is 8.22. The number of carbonyl (C=O) groups is 1. The number of amides is 1. The fourth-order valence-electron chi connectivity index (χ4n) is 2.75. The number of carbonyl (C=O) groups excluding carboxylic acids is 1. The molecule has 7 nitrogen and oxygen atoms in total. The van der Waals surface area contributed by atoms with Gasteiger partial charge in [0, 0.05) is 18.8 Å². The number of likely N-dealkylation sites (N-methyl/N-ethyl adjacent to an activating group) is 1. The number of nitrogens with one attached hydrogen (secondary N) is 2. The molecule has 0 saturated carbocycles. The molecule has 2 unspecified atom stereocenters. The second-order valence-electron chi connectivity index (χ2n) is 5.80. The van der Waals surface area contributed by atoms with Crippen molar-refractivity contribution >= 4 is 18.3 Å². The number of hydrogen-bond donors (Lipinski definition) is 2. The Bertz CT molecular complexity index is 734. The van der Waals surface area contributed by atoms with Crippen LogP contribution in [-0.2, 0) is 11.8 Å². The van der Waals surface area contributed by atoms with Crippen molar-refractivity contribution in [3.8, 4) is 11.5 Å². The van der Waals surface area contributed by atoms with Crippen LogP contribution in [-0.4, -0.2) is 35.9 Å². The van der Waals surface area contributed by atoms with Gasteiger partial charge in [-0.2, -0.15) is 5.10 Å². The SMILES string of the molecule is CNC(C(=O)NC(C)c1ccc2c(c1)OCCO2)c1cnn(C)c1.Cl. The number of aromatic nitrogens is 2. The Kier molecular flexibility index (Phi) is 6.27. The molecule has 1 aromatic carbocycles. The van der Waals surface area contributed by atoms with Crippen LogP contribution < -0.4 is 20.1 Å². The normalized spacial score (nSPS) is 15.0. The average Bonchev–Trinajstić information content (AvgIpc) is 3.01. The van der Waals surface area contributed by atoms with E-state index >= 15 is 0 Å². The van der Waals surface area contributed by atoms with Crippen LogP contribution in [0, 0.1) is 0 Å². The number of fused-ring (bicyclic) bond motifs is 1. The first-order chi connectivity index (χ1) is 11.6. The number of nitrogens with zero attached hydrogens (tertiary/aromatic N) is 2. The van der Waals surface area contributed by atoms with Gasteiger partial charge >= 0.3 is 0 Å². The standard InChI is InChI=1S/C17H22N4O3.ClH/c1-11(12-4-5-14-15(8-12)24-7-6-23-14)20-17(22)16(18-2)13-9-19-21(3)10-13;/h4-5,8-11,16,18H,6-7H2,1-3H3,(H,20,22);1H. The van der Waals surface area contributed by atoms with Gasteiger partial charge in [0.1, 0.15) is 19.3 Å². The molecule has 0 bridgehead atoms. The lowest BCUT2D eigenvalue weighted by Crippen LogP contribution is -2.37. The van der Waals surface area contributed by atoms with Crippen molar-refractivity contribution in [2.24, 2.45) is 7.05 Å². The fraction of sp³-hybridized carbons (Fsp3) is 0.412. The molecule has 0 radical (unpaired) electrons. The third-order valence-electron chi connectivity index (χ3n) is 4.03. The summed E-state index contributed by atoms with van der Waals surface area (Å²) < 4.78 is 12.8. The molecule has 1 aliphatic heterocycles. The number of halogens is 1. The molecular weight excluding hydrogens is 344 g/mol. The molecular formula is C17H23ClN4O3. The Morgan fingerprint density at radius 1 is 1.24 bits per heavy atom. The second-order valence-corrected chi connectivity index (χ2v) is 5.80. The van der Waals surface area contributed by atoms with E-state index in [0.717, 1.165) is 22.6 Å². The van der Waals surface area contributed by atoms with E-state index in [0.29, 0.717) is 13.2 Å². The maximum Gasteiger partial charge on any atom is 0.242 e. The zero-order valence-corrected chi connectivity index (χ0v) is 15.3. The van der Waals surface area contributed by atoms with E-state index in [1.165, 1.54) is 0 Å². The highest BCUT2D eigenvalue weighted by molar-refractivity contribution is 5.85. The summed E-state index contributed by atoms with van der Waals surface area (Å²) in [5.41, 5.74) is 1.79. The van der Waals surface area contributed by atoms with E-state index in [1.54, 1.807) is 17.9 Å². The summed E-state index contributed by atoms with van der Waals surface area (Å²) in [5.74, 6) is 1.36. The van der Waals surface area contributed by atoms with Crippen molar-refractivity contribution in [1.29, 1.82) is 0 Å². The van der Waals surface area contributed by atoms with Crippen molar-refractivity contribution in [3.05, 3.63) is 41.7 Å². The summed E-state index contributed by atoms with van der Waals surface area (Å²) in [6.07, 6.45) is 3.52. The van der Waals surface area contributed by atoms with Gasteiger partial charge in [-0.05, 0) is 31.7 Å². The molecule has 2 heterocycles. The molecule has 1 aliphatic rings. The molecule has 0 aliphatic carbocycles. The number of ether oxygens (including phenoxy) is 2. The summed E-state index contributed by atoms with van der Waals surface area (Å²) in [6.45, 7) is 3.05. The van der Waals surface area contributed by atoms with Crippen LogP contribution in [0.3, 0.4) is 0 Å². The van der Waals surface area contributed by atoms with Gasteiger partial charge in [-0.25, -0.2) is 0 Å². The number of aryl methyl sites for hydroxylation is 1. The van der Waals surface area contributed by atoms with Gasteiger partial charge in [-0.3, -0.25) is 9.48 Å². The minimum atomic E-state index is -0.446. The zero-order chi connectivity index (χ0) is 17.1. The Balaban J connectivity index is 0.00000225. The largest absolute Gasteiger partial charge is 0.486 e. The molecule has 1 aromatic heterocycles. The maximum atomic E-state index is 12.6. The maximum absolute atomic E-state index is 12.6. The van der Waals surface area contributed by atoms with E-state index in [9.17, 15) is 4.79 Å². The van der Waals surface area contributed by atoms with Crippen LogP contribution in [0.1, 0.15) is 30.1 Å². The highest BCUT2D eigenvalue weighted by atomic mass is 35.5. The molecule has 1 amide bonds. The van der Waals surface area contributed by atoms with E-state index in [4.69, 9.17) is 9.47 Å². The van der Waals surface area contributed by atoms with Crippen LogP contribution in [0.5, 0.6) is 11.5 Å². The molecule has 0 spiro atoms. The molecule has 8 heteroatoms. The van der Waals surface area contributed by atoms with Gasteiger partial charge in [0.05, 0.1) is 12.2 Å². The monoisotopic (exact) mass is 366 g/mol. The van der Waals surface area contributed by atoms with Crippen LogP contribution in [0.15, 0.2) is 30.6 Å². The van der Waals surface area contributed by atoms with Gasteiger partial charge in [0.25, 0.3) is 0 Å². The highest BCUT2D eigenvalue weighted by Gasteiger charge is 2.22. The summed E-state index contributed by atoms with van der Waals surface area (Å²) in [7, 11) is 3.58. The quantitative estimate of drug-likeness (QED) is 0.843. The van der Waals surface area contributed by atoms with E-state index < -0.39 is 6.04 Å². The predicted octanol–water partition coefficient (Wildman–Crippen LogP) is 1.75. The smallest absolute Gasteiger partial charge is 0.242 e. The van der Waals surface area contributed by atoms with Crippen LogP contribution >= 0.6 is 12.4 Å². The first-order valence-corrected chi connectivity index (χ1v) is 7.94. The Morgan fingerprint density at radius 2 is 1.96 bits per heavy atom. The topological polar surface area (TPSA) is 77.4 Å². The van der Waals surface area contributed by atoms with E-state index in [1.807, 2.05) is 38.4 Å². The summed E-state index contributed by atoms with van der Waals surface area (Å²) in [5, 5.41) is 10.2. The van der Waals surface area contributed by atoms with Gasteiger partial charge in [-0.1, -0.05) is 6.07 Å². The number of hydrogen-bond acceptors (Lipinski definition) is 5. The molecule has 136 valence electrons. The van der Waals surface area contributed by atoms with Gasteiger partial charge in [0.15, 0.2) is 11.5 Å². The van der Waals surface area contributed by atoms with Crippen molar-refractivity contribution in [1.82, 2.24) is 20.4 Å². The van der Waals surface area contributed by atoms with Crippen molar-refractivity contribution in [2.45, 2.75) is 19.0 Å². The predicted molar refractivity (Wildman–Crippen MR) is 96.2 cm³/mol. The molecule has 2 N–H and O–H groups in total. The lowest BCUT2D eigenvalue weighted by Gasteiger charge is -2.22. The van der Waals surface area contributed by atoms with Crippen LogP contribution in [0.2, 0.25) is 0 Å². The Hall–Kier alpha value is -2.25. The lowest BCUT2D eigenvalue weighted by atomic mass is 10.1. The zero-order valence-electron chi connectivity index (χ0n) is 14.5. The Labute approximate surface area is 153 Å². The summed E-state index contributed by atoms with van der Waals surface area (Å²) in [6, 6.07) is 5.14. The van der Waals surface area contributed by atoms with Crippen molar-refractivity contribution in [3.63, 3.8) is 0 Å². The third-order valence-corrected chi connectivity index (χ3v) is 4.03. The molecule has 25 heavy (non-hydrogen) atoms. The molecule has 2 atom stereocenters. The molecule has 3 rings (SSSR count). The summed E-state index contributed by atoms with van der Waals surface area (Å²) >= 11 is 0. The van der Waals surface area contributed by atoms with Crippen molar-refractivity contribution in [2.75, 3.05) is 20.3 Å². The molecule has 2 aromatic rings. The lowest BCUT2D eigenvalue weighted by molar-refractivity contribution is -0.123. The summed E-state index contributed by atoms with van der Waals surface area (Å²) in [4.78, 5) is 12.6. The molecule has 0 fully saturated rings. The minimum Gasteiger partial charge on any atom is -0.486 e. The van der Waals surface area contributed by atoms with E-state index in [2.05, 4.69) is 15.7 Å². The fourth-order valence-corrected chi connectivity index (χ4v) is 2.75. The van der Waals surface area contributed by atoms with Crippen LogP contribution in [0.4, 0.5) is 0 Å². The average molecular weight is 367 g/mol. The first kappa shape index (κ1) is 19.1.